The maximum Gasteiger partial charge on any atom is 0.283 e. The predicted octanol–water partition coefficient (Wildman–Crippen LogP) is 4.20. The van der Waals surface area contributed by atoms with Crippen LogP contribution in [0.25, 0.3) is 22.2 Å². The molecule has 0 atom stereocenters. The number of fused-ring (bicyclic) bond motifs is 2. The highest BCUT2D eigenvalue weighted by Crippen LogP contribution is 2.37. The van der Waals surface area contributed by atoms with Gasteiger partial charge in [0.2, 0.25) is 0 Å². The average molecular weight is 503 g/mol. The number of methoxy groups -OCH3 is 1. The molecule has 9 heteroatoms. The molecule has 1 N–H and O–H groups in total. The van der Waals surface area contributed by atoms with Gasteiger partial charge in [0.15, 0.2) is 0 Å². The maximum atomic E-state index is 13.3. The topological polar surface area (TPSA) is 101 Å². The first kappa shape index (κ1) is 23.7. The third-order valence-corrected chi connectivity index (χ3v) is 7.69. The summed E-state index contributed by atoms with van der Waals surface area (Å²) >= 11 is 0. The van der Waals surface area contributed by atoms with Gasteiger partial charge in [-0.1, -0.05) is 18.2 Å². The molecule has 36 heavy (non-hydrogen) atoms. The van der Waals surface area contributed by atoms with E-state index in [1.54, 1.807) is 30.5 Å². The first-order valence-electron chi connectivity index (χ1n) is 11.6. The van der Waals surface area contributed by atoms with Gasteiger partial charge in [-0.2, -0.15) is 0 Å². The number of sulfonamides is 1. The van der Waals surface area contributed by atoms with Crippen LogP contribution in [0.4, 0.5) is 5.69 Å². The van der Waals surface area contributed by atoms with Crippen molar-refractivity contribution in [1.82, 2.24) is 14.7 Å². The van der Waals surface area contributed by atoms with Crippen molar-refractivity contribution >= 4 is 32.5 Å². The van der Waals surface area contributed by atoms with Crippen LogP contribution in [0.2, 0.25) is 0 Å². The van der Waals surface area contributed by atoms with Gasteiger partial charge in [-0.3, -0.25) is 9.78 Å². The first-order chi connectivity index (χ1) is 17.3. The third-order valence-electron chi connectivity index (χ3n) is 6.34. The minimum absolute atomic E-state index is 0.00632. The Balaban J connectivity index is 1.47. The molecule has 1 aliphatic rings. The number of benzene rings is 2. The number of pyridine rings is 2. The minimum atomic E-state index is -4.23. The van der Waals surface area contributed by atoms with Crippen molar-refractivity contribution in [3.05, 3.63) is 78.1 Å². The van der Waals surface area contributed by atoms with Crippen LogP contribution >= 0.6 is 0 Å². The molecule has 0 unspecified atom stereocenters. The number of nitrogens with zero attached hydrogens (tertiary/aromatic N) is 3. The number of carbonyl (C=O) groups excluding carboxylic acids is 1. The highest BCUT2D eigenvalue weighted by atomic mass is 32.2. The second-order valence-electron chi connectivity index (χ2n) is 8.89. The first-order valence-corrected chi connectivity index (χ1v) is 13.1. The number of amides is 1. The molecule has 0 radical (unpaired) electrons. The van der Waals surface area contributed by atoms with Crippen molar-refractivity contribution < 1.29 is 17.9 Å². The van der Waals surface area contributed by atoms with Crippen molar-refractivity contribution in [3.63, 3.8) is 0 Å². The van der Waals surface area contributed by atoms with Crippen molar-refractivity contribution in [2.75, 3.05) is 18.6 Å². The van der Waals surface area contributed by atoms with Gasteiger partial charge in [-0.25, -0.2) is 18.1 Å². The largest absolute Gasteiger partial charge is 0.495 e. The molecule has 2 aromatic heterocycles. The molecular weight excluding hydrogens is 476 g/mol. The minimum Gasteiger partial charge on any atom is -0.495 e. The van der Waals surface area contributed by atoms with E-state index in [9.17, 15) is 13.2 Å². The SMILES string of the molecule is COc1cc2c(cc1S(=O)(=O)NC(=O)c1ccc3c(-c4ccccn4)cccc3n1)N(C(C)C)CC2. The molecule has 1 amide bonds. The van der Waals surface area contributed by atoms with Crippen molar-refractivity contribution in [2.45, 2.75) is 31.2 Å². The Morgan fingerprint density at radius 3 is 2.64 bits per heavy atom. The molecule has 0 spiro atoms. The number of rotatable bonds is 6. The summed E-state index contributed by atoms with van der Waals surface area (Å²) in [4.78, 5) is 23.9. The zero-order chi connectivity index (χ0) is 25.4. The number of hydrogen-bond donors (Lipinski definition) is 1. The summed E-state index contributed by atoms with van der Waals surface area (Å²) < 4.78 is 34.2. The molecule has 0 bridgehead atoms. The van der Waals surface area contributed by atoms with E-state index in [1.807, 2.05) is 30.3 Å². The van der Waals surface area contributed by atoms with Gasteiger partial charge in [0, 0.05) is 35.4 Å². The van der Waals surface area contributed by atoms with E-state index in [4.69, 9.17) is 4.74 Å². The Bertz CT molecular complexity index is 1570. The highest BCUT2D eigenvalue weighted by Gasteiger charge is 2.29. The van der Waals surface area contributed by atoms with E-state index in [-0.39, 0.29) is 22.4 Å². The summed E-state index contributed by atoms with van der Waals surface area (Å²) in [5.41, 5.74) is 4.07. The molecule has 2 aromatic carbocycles. The van der Waals surface area contributed by atoms with Gasteiger partial charge in [0.1, 0.15) is 16.3 Å². The molecule has 8 nitrogen and oxygen atoms in total. The Hall–Kier alpha value is -3.98. The third kappa shape index (κ3) is 4.26. The lowest BCUT2D eigenvalue weighted by Gasteiger charge is -2.24. The van der Waals surface area contributed by atoms with E-state index < -0.39 is 15.9 Å². The molecule has 184 valence electrons. The van der Waals surface area contributed by atoms with Gasteiger partial charge in [0.05, 0.1) is 18.3 Å². The molecule has 0 saturated heterocycles. The maximum absolute atomic E-state index is 13.3. The lowest BCUT2D eigenvalue weighted by atomic mass is 10.0. The van der Waals surface area contributed by atoms with Crippen LogP contribution in [0.5, 0.6) is 5.75 Å². The normalized spacial score (nSPS) is 13.2. The Morgan fingerprint density at radius 2 is 1.92 bits per heavy atom. The number of hydrogen-bond acceptors (Lipinski definition) is 7. The second-order valence-corrected chi connectivity index (χ2v) is 10.5. The summed E-state index contributed by atoms with van der Waals surface area (Å²) in [6, 6.07) is 18.0. The van der Waals surface area contributed by atoms with Crippen molar-refractivity contribution in [3.8, 4) is 17.0 Å². The van der Waals surface area contributed by atoms with Crippen LogP contribution in [0.1, 0.15) is 29.9 Å². The molecule has 1 aliphatic heterocycles. The van der Waals surface area contributed by atoms with Crippen LogP contribution in [-0.4, -0.2) is 44.0 Å². The fourth-order valence-electron chi connectivity index (χ4n) is 4.58. The van der Waals surface area contributed by atoms with Gasteiger partial charge in [0.25, 0.3) is 15.9 Å². The molecule has 0 aliphatic carbocycles. The molecule has 3 heterocycles. The predicted molar refractivity (Wildman–Crippen MR) is 139 cm³/mol. The van der Waals surface area contributed by atoms with Crippen LogP contribution in [0.3, 0.4) is 0 Å². The zero-order valence-electron chi connectivity index (χ0n) is 20.2. The zero-order valence-corrected chi connectivity index (χ0v) is 21.0. The molecule has 0 fully saturated rings. The van der Waals surface area contributed by atoms with Crippen molar-refractivity contribution in [1.29, 1.82) is 0 Å². The Kier molecular flexibility index (Phi) is 6.09. The number of nitrogens with one attached hydrogen (secondary N) is 1. The van der Waals surface area contributed by atoms with E-state index in [0.717, 1.165) is 40.9 Å². The number of carbonyl (C=O) groups is 1. The van der Waals surface area contributed by atoms with E-state index in [2.05, 4.69) is 33.4 Å². The lowest BCUT2D eigenvalue weighted by molar-refractivity contribution is 0.0977. The van der Waals surface area contributed by atoms with Crippen molar-refractivity contribution in [2.24, 2.45) is 0 Å². The van der Waals surface area contributed by atoms with Gasteiger partial charge in [-0.15, -0.1) is 0 Å². The van der Waals surface area contributed by atoms with E-state index >= 15 is 0 Å². The number of anilines is 1. The smallest absolute Gasteiger partial charge is 0.283 e. The summed E-state index contributed by atoms with van der Waals surface area (Å²) in [5, 5.41) is 0.810. The average Bonchev–Trinajstić information content (AvgIpc) is 3.31. The van der Waals surface area contributed by atoms with Crippen LogP contribution in [0, 0.1) is 0 Å². The summed E-state index contributed by atoms with van der Waals surface area (Å²) in [6.07, 6.45) is 2.51. The number of ether oxygens (including phenoxy) is 1. The van der Waals surface area contributed by atoms with E-state index in [0.29, 0.717) is 5.52 Å². The quantitative estimate of drug-likeness (QED) is 0.422. The summed E-state index contributed by atoms with van der Waals surface area (Å²) in [5.74, 6) is -0.616. The van der Waals surface area contributed by atoms with Crippen LogP contribution in [0.15, 0.2) is 71.8 Å². The molecule has 4 aromatic rings. The summed E-state index contributed by atoms with van der Waals surface area (Å²) in [7, 11) is -2.81. The highest BCUT2D eigenvalue weighted by molar-refractivity contribution is 7.90. The van der Waals surface area contributed by atoms with Gasteiger partial charge in [-0.05, 0) is 68.3 Å². The van der Waals surface area contributed by atoms with Gasteiger partial charge < -0.3 is 9.64 Å². The van der Waals surface area contributed by atoms with Gasteiger partial charge >= 0.3 is 0 Å². The fraction of sp³-hybridized carbons (Fsp3) is 0.222. The standard InChI is InChI=1S/C27H26N4O4S/c1-17(2)31-14-12-18-15-25(35-3)26(16-24(18)31)36(33,34)30-27(32)23-11-10-20-19(7-6-9-22(20)29-23)21-8-4-5-13-28-21/h4-11,13,15-17H,12,14H2,1-3H3,(H,30,32). The lowest BCUT2D eigenvalue weighted by Crippen LogP contribution is -2.32. The Morgan fingerprint density at radius 1 is 1.08 bits per heavy atom. The molecular formula is C27H26N4O4S. The van der Waals surface area contributed by atoms with E-state index in [1.165, 1.54) is 13.2 Å². The van der Waals surface area contributed by atoms with Crippen LogP contribution in [-0.2, 0) is 16.4 Å². The Labute approximate surface area is 210 Å². The number of aromatic nitrogens is 2. The molecule has 0 saturated carbocycles. The monoisotopic (exact) mass is 502 g/mol. The van der Waals surface area contributed by atoms with Crippen LogP contribution < -0.4 is 14.4 Å². The molecule has 5 rings (SSSR count). The fourth-order valence-corrected chi connectivity index (χ4v) is 5.71. The second kappa shape index (κ2) is 9.23. The summed E-state index contributed by atoms with van der Waals surface area (Å²) in [6.45, 7) is 4.91.